The number of anilines is 1. The van der Waals surface area contributed by atoms with Gasteiger partial charge < -0.3 is 15.0 Å². The summed E-state index contributed by atoms with van der Waals surface area (Å²) in [6.07, 6.45) is 6.08. The smallest absolute Gasteiger partial charge is 0.417 e. The SMILES string of the molecule is CN(C)C=Nc1ccc(NC(=O)/C=C/OC(=O)n2cccc2)cc1C#N. The zero-order valence-electron chi connectivity index (χ0n) is 14.3. The minimum atomic E-state index is -0.631. The van der Waals surface area contributed by atoms with Gasteiger partial charge in [-0.15, -0.1) is 0 Å². The second-order valence-electron chi connectivity index (χ2n) is 5.32. The van der Waals surface area contributed by atoms with Crippen molar-refractivity contribution in [3.8, 4) is 6.07 Å². The summed E-state index contributed by atoms with van der Waals surface area (Å²) >= 11 is 0. The quantitative estimate of drug-likeness (QED) is 0.386. The Labute approximate surface area is 150 Å². The second-order valence-corrected chi connectivity index (χ2v) is 5.32. The first-order chi connectivity index (χ1) is 12.5. The lowest BCUT2D eigenvalue weighted by atomic mass is 10.1. The Balaban J connectivity index is 1.97. The second kappa shape index (κ2) is 8.84. The Morgan fingerprint density at radius 1 is 1.31 bits per heavy atom. The number of aliphatic imine (C=N–C) groups is 1. The fraction of sp³-hybridized carbons (Fsp3) is 0.111. The molecule has 132 valence electrons. The van der Waals surface area contributed by atoms with Crippen molar-refractivity contribution < 1.29 is 14.3 Å². The highest BCUT2D eigenvalue weighted by Crippen LogP contribution is 2.22. The van der Waals surface area contributed by atoms with E-state index in [9.17, 15) is 14.9 Å². The molecule has 1 heterocycles. The van der Waals surface area contributed by atoms with Crippen LogP contribution in [0.2, 0.25) is 0 Å². The molecule has 1 aromatic heterocycles. The van der Waals surface area contributed by atoms with Gasteiger partial charge in [0.25, 0.3) is 5.91 Å². The van der Waals surface area contributed by atoms with Crippen LogP contribution in [-0.4, -0.2) is 41.9 Å². The van der Waals surface area contributed by atoms with Crippen molar-refractivity contribution in [2.75, 3.05) is 19.4 Å². The first-order valence-electron chi connectivity index (χ1n) is 7.56. The van der Waals surface area contributed by atoms with Gasteiger partial charge in [-0.1, -0.05) is 0 Å². The lowest BCUT2D eigenvalue weighted by molar-refractivity contribution is -0.112. The van der Waals surface area contributed by atoms with Gasteiger partial charge in [-0.3, -0.25) is 9.36 Å². The number of nitrogens with one attached hydrogen (secondary N) is 1. The summed E-state index contributed by atoms with van der Waals surface area (Å²) in [7, 11) is 3.64. The molecule has 0 unspecified atom stereocenters. The molecule has 0 aliphatic carbocycles. The lowest BCUT2D eigenvalue weighted by Crippen LogP contribution is -2.11. The third-order valence-corrected chi connectivity index (χ3v) is 3.02. The number of aromatic nitrogens is 1. The van der Waals surface area contributed by atoms with Crippen LogP contribution in [0.3, 0.4) is 0 Å². The van der Waals surface area contributed by atoms with Crippen LogP contribution in [0.4, 0.5) is 16.2 Å². The van der Waals surface area contributed by atoms with E-state index in [-0.39, 0.29) is 0 Å². The van der Waals surface area contributed by atoms with Crippen molar-refractivity contribution >= 4 is 29.7 Å². The minimum Gasteiger partial charge on any atom is -0.417 e. The fourth-order valence-corrected chi connectivity index (χ4v) is 1.85. The van der Waals surface area contributed by atoms with Gasteiger partial charge in [0.1, 0.15) is 12.3 Å². The number of nitrogens with zero attached hydrogens (tertiary/aromatic N) is 4. The van der Waals surface area contributed by atoms with Crippen LogP contribution in [0, 0.1) is 11.3 Å². The molecular weight excluding hydrogens is 334 g/mol. The van der Waals surface area contributed by atoms with Gasteiger partial charge in [0, 0.05) is 38.3 Å². The molecule has 0 aliphatic heterocycles. The molecule has 1 aromatic carbocycles. The highest BCUT2D eigenvalue weighted by molar-refractivity contribution is 5.99. The van der Waals surface area contributed by atoms with Crippen molar-refractivity contribution in [1.82, 2.24) is 9.47 Å². The Kier molecular flexibility index (Phi) is 6.28. The van der Waals surface area contributed by atoms with Gasteiger partial charge >= 0.3 is 6.09 Å². The molecule has 1 amide bonds. The van der Waals surface area contributed by atoms with Crippen molar-refractivity contribution in [3.63, 3.8) is 0 Å². The van der Waals surface area contributed by atoms with E-state index in [1.807, 2.05) is 20.2 Å². The van der Waals surface area contributed by atoms with Crippen LogP contribution in [0.5, 0.6) is 0 Å². The summed E-state index contributed by atoms with van der Waals surface area (Å²) in [6.45, 7) is 0. The first-order valence-corrected chi connectivity index (χ1v) is 7.56. The van der Waals surface area contributed by atoms with Crippen molar-refractivity contribution in [2.24, 2.45) is 4.99 Å². The average Bonchev–Trinajstić information content (AvgIpc) is 3.15. The number of hydrogen-bond donors (Lipinski definition) is 1. The standard InChI is InChI=1S/C18H17N5O3/c1-22(2)13-20-16-6-5-15(11-14(16)12-19)21-17(24)7-10-26-18(25)23-8-3-4-9-23/h3-11,13H,1-2H3,(H,21,24)/b10-7+,20-13?. The molecule has 2 rings (SSSR count). The van der Waals surface area contributed by atoms with Crippen molar-refractivity contribution in [3.05, 3.63) is 60.6 Å². The molecule has 0 radical (unpaired) electrons. The predicted molar refractivity (Wildman–Crippen MR) is 97.1 cm³/mol. The summed E-state index contributed by atoms with van der Waals surface area (Å²) < 4.78 is 6.05. The Bertz CT molecular complexity index is 877. The number of amides is 1. The average molecular weight is 351 g/mol. The van der Waals surface area contributed by atoms with Gasteiger partial charge in [0.15, 0.2) is 0 Å². The van der Waals surface area contributed by atoms with Crippen molar-refractivity contribution in [1.29, 1.82) is 5.26 Å². The Morgan fingerprint density at radius 3 is 2.69 bits per heavy atom. The number of hydrogen-bond acceptors (Lipinski definition) is 5. The van der Waals surface area contributed by atoms with Crippen LogP contribution in [-0.2, 0) is 9.53 Å². The molecule has 0 saturated carbocycles. The van der Waals surface area contributed by atoms with Gasteiger partial charge in [-0.05, 0) is 30.3 Å². The van der Waals surface area contributed by atoms with Crippen LogP contribution in [0.15, 0.2) is 60.1 Å². The Hall–Kier alpha value is -3.86. The molecule has 8 heteroatoms. The molecule has 26 heavy (non-hydrogen) atoms. The van der Waals surface area contributed by atoms with E-state index in [0.717, 1.165) is 12.3 Å². The van der Waals surface area contributed by atoms with E-state index in [1.54, 1.807) is 35.5 Å². The predicted octanol–water partition coefficient (Wildman–Crippen LogP) is 2.72. The number of benzene rings is 1. The molecule has 0 atom stereocenters. The van der Waals surface area contributed by atoms with E-state index in [4.69, 9.17) is 4.74 Å². The molecule has 0 bridgehead atoms. The molecular formula is C18H17N5O3. The highest BCUT2D eigenvalue weighted by Gasteiger charge is 2.05. The Morgan fingerprint density at radius 2 is 2.04 bits per heavy atom. The van der Waals surface area contributed by atoms with E-state index < -0.39 is 12.0 Å². The minimum absolute atomic E-state index is 0.323. The summed E-state index contributed by atoms with van der Waals surface area (Å²) in [6, 6.07) is 10.2. The number of carbonyl (C=O) groups is 2. The lowest BCUT2D eigenvalue weighted by Gasteiger charge is -2.06. The third kappa shape index (κ3) is 5.35. The van der Waals surface area contributed by atoms with Gasteiger partial charge in [0.05, 0.1) is 17.6 Å². The number of carbonyl (C=O) groups excluding carboxylic acids is 2. The van der Waals surface area contributed by atoms with Crippen LogP contribution >= 0.6 is 0 Å². The van der Waals surface area contributed by atoms with Crippen molar-refractivity contribution in [2.45, 2.75) is 0 Å². The summed E-state index contributed by atoms with van der Waals surface area (Å²) in [4.78, 5) is 29.4. The number of ether oxygens (including phenoxy) is 1. The monoisotopic (exact) mass is 351 g/mol. The molecule has 0 aliphatic rings. The van der Waals surface area contributed by atoms with E-state index >= 15 is 0 Å². The molecule has 0 saturated heterocycles. The molecule has 2 aromatic rings. The number of nitriles is 1. The first kappa shape index (κ1) is 18.5. The third-order valence-electron chi connectivity index (χ3n) is 3.02. The zero-order chi connectivity index (χ0) is 18.9. The van der Waals surface area contributed by atoms with Crippen LogP contribution in [0.1, 0.15) is 5.56 Å². The van der Waals surface area contributed by atoms with Gasteiger partial charge in [-0.25, -0.2) is 9.79 Å². The largest absolute Gasteiger partial charge is 0.422 e. The van der Waals surface area contributed by atoms with Crippen LogP contribution in [0.25, 0.3) is 0 Å². The van der Waals surface area contributed by atoms with E-state index in [2.05, 4.69) is 10.3 Å². The van der Waals surface area contributed by atoms with Gasteiger partial charge in [-0.2, -0.15) is 5.26 Å². The fourth-order valence-electron chi connectivity index (χ4n) is 1.85. The zero-order valence-corrected chi connectivity index (χ0v) is 14.3. The maximum Gasteiger partial charge on any atom is 0.422 e. The van der Waals surface area contributed by atoms with E-state index in [1.165, 1.54) is 23.0 Å². The maximum atomic E-state index is 11.9. The topological polar surface area (TPSA) is 99.7 Å². The van der Waals surface area contributed by atoms with Crippen LogP contribution < -0.4 is 5.32 Å². The van der Waals surface area contributed by atoms with E-state index in [0.29, 0.717) is 16.9 Å². The maximum absolute atomic E-state index is 11.9. The summed E-state index contributed by atoms with van der Waals surface area (Å²) in [5.41, 5.74) is 1.25. The highest BCUT2D eigenvalue weighted by atomic mass is 16.5. The number of rotatable bonds is 5. The molecule has 8 nitrogen and oxygen atoms in total. The molecule has 0 spiro atoms. The normalized spacial score (nSPS) is 10.7. The summed E-state index contributed by atoms with van der Waals surface area (Å²) in [5, 5.41) is 11.8. The summed E-state index contributed by atoms with van der Waals surface area (Å²) in [5.74, 6) is -0.501. The molecule has 0 fully saturated rings. The molecule has 1 N–H and O–H groups in total. The van der Waals surface area contributed by atoms with Gasteiger partial charge in [0.2, 0.25) is 0 Å².